The zero-order valence-corrected chi connectivity index (χ0v) is 11.1. The summed E-state index contributed by atoms with van der Waals surface area (Å²) in [7, 11) is 0. The zero-order valence-electron chi connectivity index (χ0n) is 11.1. The number of aliphatic hydroxyl groups is 1. The van der Waals surface area contributed by atoms with Gasteiger partial charge < -0.3 is 14.9 Å². The van der Waals surface area contributed by atoms with Crippen LogP contribution in [-0.4, -0.2) is 42.7 Å². The Labute approximate surface area is 108 Å². The fraction of sp³-hybridized carbons (Fsp3) is 0.571. The largest absolute Gasteiger partial charge is 0.389 e. The molecular weight excluding hydrogens is 231 g/mol. The fourth-order valence-corrected chi connectivity index (χ4v) is 2.45. The average molecular weight is 252 g/mol. The Kier molecular flexibility index (Phi) is 4.19. The number of nitrogens with zero attached hydrogens (tertiary/aromatic N) is 2. The summed E-state index contributed by atoms with van der Waals surface area (Å²) in [5, 5.41) is 9.75. The minimum atomic E-state index is -0.639. The third-order valence-corrected chi connectivity index (χ3v) is 3.60. The molecule has 1 atom stereocenters. The van der Waals surface area contributed by atoms with Crippen molar-refractivity contribution in [2.45, 2.75) is 20.0 Å². The Balaban J connectivity index is 2.18. The van der Waals surface area contributed by atoms with Gasteiger partial charge >= 0.3 is 0 Å². The van der Waals surface area contributed by atoms with E-state index in [9.17, 15) is 9.50 Å². The number of likely N-dealkylation sites (N-methyl/N-ethyl adjacent to an activating group) is 1. The Bertz CT molecular complexity index is 401. The molecule has 1 saturated heterocycles. The topological polar surface area (TPSA) is 26.7 Å². The molecule has 0 unspecified atom stereocenters. The van der Waals surface area contributed by atoms with Gasteiger partial charge in [-0.15, -0.1) is 0 Å². The molecule has 0 saturated carbocycles. The van der Waals surface area contributed by atoms with Crippen molar-refractivity contribution in [3.05, 3.63) is 29.6 Å². The van der Waals surface area contributed by atoms with Crippen LogP contribution in [0.25, 0.3) is 0 Å². The van der Waals surface area contributed by atoms with E-state index in [4.69, 9.17) is 0 Å². The van der Waals surface area contributed by atoms with E-state index < -0.39 is 6.10 Å². The van der Waals surface area contributed by atoms with E-state index in [-0.39, 0.29) is 5.82 Å². The van der Waals surface area contributed by atoms with Crippen molar-refractivity contribution in [2.75, 3.05) is 37.6 Å². The Hall–Kier alpha value is -1.13. The van der Waals surface area contributed by atoms with Crippen LogP contribution in [0.4, 0.5) is 10.1 Å². The van der Waals surface area contributed by atoms with Gasteiger partial charge in [0.2, 0.25) is 0 Å². The number of aliphatic hydroxyl groups excluding tert-OH is 1. The van der Waals surface area contributed by atoms with Crippen molar-refractivity contribution in [2.24, 2.45) is 0 Å². The molecule has 1 aliphatic heterocycles. The van der Waals surface area contributed by atoms with E-state index in [1.54, 1.807) is 13.0 Å². The van der Waals surface area contributed by atoms with Gasteiger partial charge in [0.15, 0.2) is 0 Å². The molecule has 1 heterocycles. The molecule has 1 fully saturated rings. The first-order chi connectivity index (χ1) is 8.61. The second-order valence-corrected chi connectivity index (χ2v) is 4.80. The van der Waals surface area contributed by atoms with Crippen LogP contribution >= 0.6 is 0 Å². The van der Waals surface area contributed by atoms with Gasteiger partial charge in [0.05, 0.1) is 6.10 Å². The van der Waals surface area contributed by atoms with Crippen molar-refractivity contribution in [3.8, 4) is 0 Å². The van der Waals surface area contributed by atoms with Crippen molar-refractivity contribution in [1.29, 1.82) is 0 Å². The van der Waals surface area contributed by atoms with Gasteiger partial charge in [-0.05, 0) is 31.7 Å². The molecular formula is C14H21FN2O. The summed E-state index contributed by atoms with van der Waals surface area (Å²) in [6.45, 7) is 8.81. The maximum atomic E-state index is 13.3. The van der Waals surface area contributed by atoms with Crippen LogP contribution in [0.15, 0.2) is 18.2 Å². The van der Waals surface area contributed by atoms with Crippen LogP contribution in [0.1, 0.15) is 25.5 Å². The molecule has 18 heavy (non-hydrogen) atoms. The Morgan fingerprint density at radius 3 is 2.50 bits per heavy atom. The highest BCUT2D eigenvalue weighted by Crippen LogP contribution is 2.28. The molecule has 0 bridgehead atoms. The van der Waals surface area contributed by atoms with E-state index in [0.717, 1.165) is 38.4 Å². The van der Waals surface area contributed by atoms with Gasteiger partial charge in [0.1, 0.15) is 5.82 Å². The van der Waals surface area contributed by atoms with Gasteiger partial charge in [0.25, 0.3) is 0 Å². The lowest BCUT2D eigenvalue weighted by Gasteiger charge is -2.36. The minimum absolute atomic E-state index is 0.290. The lowest BCUT2D eigenvalue weighted by Crippen LogP contribution is -2.46. The SMILES string of the molecule is CCN1CCN(c2ccc(F)cc2[C@@H](C)O)CC1. The standard InChI is InChI=1S/C14H21FN2O/c1-3-16-6-8-17(9-7-16)14-5-4-12(15)10-13(14)11(2)18/h4-5,10-11,18H,3,6-9H2,1-2H3/t11-/m1/s1. The van der Waals surface area contributed by atoms with E-state index in [0.29, 0.717) is 5.56 Å². The molecule has 2 rings (SSSR count). The summed E-state index contributed by atoms with van der Waals surface area (Å²) < 4.78 is 13.3. The first-order valence-electron chi connectivity index (χ1n) is 6.56. The number of hydrogen-bond acceptors (Lipinski definition) is 3. The summed E-state index contributed by atoms with van der Waals surface area (Å²) in [6, 6.07) is 4.68. The summed E-state index contributed by atoms with van der Waals surface area (Å²) in [4.78, 5) is 4.62. The molecule has 1 aromatic carbocycles. The molecule has 1 aromatic rings. The van der Waals surface area contributed by atoms with Crippen molar-refractivity contribution in [3.63, 3.8) is 0 Å². The third kappa shape index (κ3) is 2.82. The number of anilines is 1. The van der Waals surface area contributed by atoms with Crippen molar-refractivity contribution < 1.29 is 9.50 Å². The summed E-state index contributed by atoms with van der Waals surface area (Å²) in [6.07, 6.45) is -0.639. The smallest absolute Gasteiger partial charge is 0.123 e. The molecule has 3 nitrogen and oxygen atoms in total. The molecule has 4 heteroatoms. The van der Waals surface area contributed by atoms with Crippen LogP contribution in [0.5, 0.6) is 0 Å². The molecule has 0 amide bonds. The number of hydrogen-bond donors (Lipinski definition) is 1. The highest BCUT2D eigenvalue weighted by Gasteiger charge is 2.19. The predicted molar refractivity (Wildman–Crippen MR) is 71.4 cm³/mol. The lowest BCUT2D eigenvalue weighted by molar-refractivity contribution is 0.198. The van der Waals surface area contributed by atoms with Gasteiger partial charge in [-0.1, -0.05) is 6.92 Å². The quantitative estimate of drug-likeness (QED) is 0.891. The molecule has 100 valence electrons. The number of halogens is 1. The number of rotatable bonds is 3. The normalized spacial score (nSPS) is 19.0. The maximum Gasteiger partial charge on any atom is 0.123 e. The first kappa shape index (κ1) is 13.3. The predicted octanol–water partition coefficient (Wildman–Crippen LogP) is 2.02. The lowest BCUT2D eigenvalue weighted by atomic mass is 10.1. The van der Waals surface area contributed by atoms with E-state index in [1.165, 1.54) is 12.1 Å². The maximum absolute atomic E-state index is 13.3. The van der Waals surface area contributed by atoms with Crippen molar-refractivity contribution >= 4 is 5.69 Å². The van der Waals surface area contributed by atoms with Crippen molar-refractivity contribution in [1.82, 2.24) is 4.90 Å². The van der Waals surface area contributed by atoms with Gasteiger partial charge in [-0.25, -0.2) is 4.39 Å². The first-order valence-corrected chi connectivity index (χ1v) is 6.56. The molecule has 1 N–H and O–H groups in total. The minimum Gasteiger partial charge on any atom is -0.389 e. The van der Waals surface area contributed by atoms with E-state index in [1.807, 2.05) is 0 Å². The number of benzene rings is 1. The third-order valence-electron chi connectivity index (χ3n) is 3.60. The van der Waals surface area contributed by atoms with Gasteiger partial charge in [0, 0.05) is 37.4 Å². The second-order valence-electron chi connectivity index (χ2n) is 4.80. The number of piperazine rings is 1. The van der Waals surface area contributed by atoms with Crippen LogP contribution < -0.4 is 4.90 Å². The molecule has 0 radical (unpaired) electrons. The van der Waals surface area contributed by atoms with Gasteiger partial charge in [-0.3, -0.25) is 0 Å². The summed E-state index contributed by atoms with van der Waals surface area (Å²) in [5.41, 5.74) is 1.64. The Morgan fingerprint density at radius 2 is 1.94 bits per heavy atom. The average Bonchev–Trinajstić information content (AvgIpc) is 2.39. The summed E-state index contributed by atoms with van der Waals surface area (Å²) >= 11 is 0. The summed E-state index contributed by atoms with van der Waals surface area (Å²) in [5.74, 6) is -0.290. The Morgan fingerprint density at radius 1 is 1.28 bits per heavy atom. The van der Waals surface area contributed by atoms with Crippen LogP contribution in [0.2, 0.25) is 0 Å². The molecule has 0 spiro atoms. The molecule has 1 aliphatic rings. The van der Waals surface area contributed by atoms with Crippen LogP contribution in [0, 0.1) is 5.82 Å². The van der Waals surface area contributed by atoms with Crippen LogP contribution in [0.3, 0.4) is 0 Å². The van der Waals surface area contributed by atoms with E-state index in [2.05, 4.69) is 16.7 Å². The molecule has 0 aromatic heterocycles. The zero-order chi connectivity index (χ0) is 13.1. The monoisotopic (exact) mass is 252 g/mol. The molecule has 0 aliphatic carbocycles. The second kappa shape index (κ2) is 5.67. The fourth-order valence-electron chi connectivity index (χ4n) is 2.45. The van der Waals surface area contributed by atoms with Crippen LogP contribution in [-0.2, 0) is 0 Å². The highest BCUT2D eigenvalue weighted by molar-refractivity contribution is 5.55. The van der Waals surface area contributed by atoms with Gasteiger partial charge in [-0.2, -0.15) is 0 Å². The van der Waals surface area contributed by atoms with E-state index >= 15 is 0 Å². The highest BCUT2D eigenvalue weighted by atomic mass is 19.1.